The van der Waals surface area contributed by atoms with Crippen LogP contribution in [0.25, 0.3) is 22.2 Å². The number of carbonyl (C=O) groups excluding carboxylic acids is 1. The van der Waals surface area contributed by atoms with E-state index in [4.69, 9.17) is 9.15 Å². The molecule has 1 amide bonds. The van der Waals surface area contributed by atoms with Crippen LogP contribution in [0, 0.1) is 17.1 Å². The van der Waals surface area contributed by atoms with E-state index in [0.29, 0.717) is 35.4 Å². The Morgan fingerprint density at radius 2 is 2.09 bits per heavy atom. The molecule has 1 aromatic heterocycles. The highest BCUT2D eigenvalue weighted by molar-refractivity contribution is 7.99. The van der Waals surface area contributed by atoms with Gasteiger partial charge in [0.1, 0.15) is 18.0 Å². The van der Waals surface area contributed by atoms with Crippen LogP contribution in [-0.4, -0.2) is 53.8 Å². The van der Waals surface area contributed by atoms with Crippen LogP contribution in [0.5, 0.6) is 0 Å². The van der Waals surface area contributed by atoms with E-state index < -0.39 is 29.6 Å². The van der Waals surface area contributed by atoms with Gasteiger partial charge in [-0.2, -0.15) is 17.0 Å². The molecule has 2 aromatic carbocycles. The molecule has 0 saturated carbocycles. The van der Waals surface area contributed by atoms with Crippen LogP contribution in [0.1, 0.15) is 5.56 Å². The Hall–Kier alpha value is -3.13. The molecule has 1 aliphatic rings. The van der Waals surface area contributed by atoms with E-state index >= 15 is 0 Å². The first-order valence-electron chi connectivity index (χ1n) is 10.8. The molecule has 2 heterocycles. The molecule has 4 rings (SSSR count). The van der Waals surface area contributed by atoms with Crippen LogP contribution in [0.15, 0.2) is 45.6 Å². The molecular weight excluding hydrogens is 459 g/mol. The number of fused-ring (bicyclic) bond motifs is 1. The van der Waals surface area contributed by atoms with Gasteiger partial charge < -0.3 is 19.8 Å². The van der Waals surface area contributed by atoms with Gasteiger partial charge in [0.05, 0.1) is 18.2 Å². The van der Waals surface area contributed by atoms with Crippen molar-refractivity contribution < 1.29 is 18.3 Å². The SMILES string of the molecule is CS[C@H]1CNC[C@@H](C(=O)N[C@H](C#N)Cc2ccc(-c3ccc4oc(=O)n(C)c4c3)cc2F)OC1. The lowest BCUT2D eigenvalue weighted by Crippen LogP contribution is -2.46. The number of carbonyl (C=O) groups is 1. The maximum Gasteiger partial charge on any atom is 0.419 e. The Bertz CT molecular complexity index is 1300. The molecule has 3 aromatic rings. The van der Waals surface area contributed by atoms with Gasteiger partial charge in [0.15, 0.2) is 5.58 Å². The van der Waals surface area contributed by atoms with Crippen LogP contribution in [0.4, 0.5) is 4.39 Å². The van der Waals surface area contributed by atoms with Gasteiger partial charge in [-0.15, -0.1) is 0 Å². The molecule has 0 unspecified atom stereocenters. The number of halogens is 1. The fourth-order valence-corrected chi connectivity index (χ4v) is 4.35. The molecule has 34 heavy (non-hydrogen) atoms. The van der Waals surface area contributed by atoms with Crippen molar-refractivity contribution >= 4 is 28.8 Å². The number of amides is 1. The van der Waals surface area contributed by atoms with Crippen molar-refractivity contribution in [2.24, 2.45) is 7.05 Å². The van der Waals surface area contributed by atoms with Crippen molar-refractivity contribution in [2.75, 3.05) is 26.0 Å². The number of nitriles is 1. The molecule has 10 heteroatoms. The molecule has 0 radical (unpaired) electrons. The van der Waals surface area contributed by atoms with Gasteiger partial charge in [0, 0.05) is 31.8 Å². The van der Waals surface area contributed by atoms with Gasteiger partial charge in [-0.1, -0.05) is 18.2 Å². The number of hydrogen-bond donors (Lipinski definition) is 2. The molecule has 1 aliphatic heterocycles. The number of nitrogens with one attached hydrogen (secondary N) is 2. The van der Waals surface area contributed by atoms with E-state index in [1.165, 1.54) is 10.6 Å². The number of aromatic nitrogens is 1. The summed E-state index contributed by atoms with van der Waals surface area (Å²) in [6.07, 6.45) is 1.31. The molecule has 0 bridgehead atoms. The lowest BCUT2D eigenvalue weighted by atomic mass is 10.00. The normalized spacial score (nSPS) is 19.4. The Morgan fingerprint density at radius 3 is 2.82 bits per heavy atom. The predicted molar refractivity (Wildman–Crippen MR) is 128 cm³/mol. The Kier molecular flexibility index (Phi) is 7.36. The van der Waals surface area contributed by atoms with Crippen molar-refractivity contribution in [1.82, 2.24) is 15.2 Å². The Balaban J connectivity index is 1.45. The average Bonchev–Trinajstić information content (AvgIpc) is 3.00. The van der Waals surface area contributed by atoms with Gasteiger partial charge in [-0.05, 0) is 41.1 Å². The minimum atomic E-state index is -0.896. The Morgan fingerprint density at radius 1 is 1.32 bits per heavy atom. The lowest BCUT2D eigenvalue weighted by molar-refractivity contribution is -0.132. The molecule has 2 N–H and O–H groups in total. The third-order valence-corrected chi connectivity index (χ3v) is 6.85. The highest BCUT2D eigenvalue weighted by Gasteiger charge is 2.26. The standard InChI is InChI=1S/C24H25FN4O4S/c1-29-20-9-15(5-6-21(20)33-24(29)31)14-3-4-16(19(25)8-14)7-17(10-26)28-23(30)22-12-27-11-18(34-2)13-32-22/h3-6,8-9,17-18,22,27H,7,11-13H2,1-2H3,(H,28,30)/t17-,18-,22-/m0/s1. The van der Waals surface area contributed by atoms with E-state index in [9.17, 15) is 19.2 Å². The largest absolute Gasteiger partial charge is 0.419 e. The summed E-state index contributed by atoms with van der Waals surface area (Å²) in [5.41, 5.74) is 2.72. The Labute approximate surface area is 200 Å². The van der Waals surface area contributed by atoms with Crippen molar-refractivity contribution in [3.05, 3.63) is 58.3 Å². The number of ether oxygens (including phenoxy) is 1. The molecule has 1 fully saturated rings. The number of rotatable bonds is 6. The molecular formula is C24H25FN4O4S. The summed E-state index contributed by atoms with van der Waals surface area (Å²) in [6.45, 7) is 1.54. The second-order valence-corrected chi connectivity index (χ2v) is 9.29. The fourth-order valence-electron chi connectivity index (χ4n) is 3.85. The van der Waals surface area contributed by atoms with Gasteiger partial charge in [0.25, 0.3) is 5.91 Å². The van der Waals surface area contributed by atoms with E-state index in [0.717, 1.165) is 12.1 Å². The number of benzene rings is 2. The maximum atomic E-state index is 14.9. The molecule has 0 aliphatic carbocycles. The van der Waals surface area contributed by atoms with Crippen molar-refractivity contribution in [3.63, 3.8) is 0 Å². The quantitative estimate of drug-likeness (QED) is 0.552. The lowest BCUT2D eigenvalue weighted by Gasteiger charge is -2.18. The zero-order chi connectivity index (χ0) is 24.2. The third kappa shape index (κ3) is 5.17. The maximum absolute atomic E-state index is 14.9. The summed E-state index contributed by atoms with van der Waals surface area (Å²) in [4.78, 5) is 24.3. The van der Waals surface area contributed by atoms with E-state index in [2.05, 4.69) is 10.6 Å². The molecule has 0 spiro atoms. The molecule has 3 atom stereocenters. The van der Waals surface area contributed by atoms with Gasteiger partial charge in [-0.3, -0.25) is 9.36 Å². The third-order valence-electron chi connectivity index (χ3n) is 5.88. The number of nitrogens with zero attached hydrogens (tertiary/aromatic N) is 2. The summed E-state index contributed by atoms with van der Waals surface area (Å²) in [7, 11) is 1.61. The van der Waals surface area contributed by atoms with Gasteiger partial charge in [0.2, 0.25) is 0 Å². The first-order chi connectivity index (χ1) is 16.4. The highest BCUT2D eigenvalue weighted by Crippen LogP contribution is 2.26. The van der Waals surface area contributed by atoms with E-state index in [-0.39, 0.29) is 11.7 Å². The van der Waals surface area contributed by atoms with Crippen LogP contribution in [0.3, 0.4) is 0 Å². The summed E-state index contributed by atoms with van der Waals surface area (Å²) in [5, 5.41) is 15.7. The average molecular weight is 485 g/mol. The van der Waals surface area contributed by atoms with Gasteiger partial charge >= 0.3 is 5.76 Å². The fraction of sp³-hybridized carbons (Fsp3) is 0.375. The van der Waals surface area contributed by atoms with Crippen molar-refractivity contribution in [3.8, 4) is 17.2 Å². The van der Waals surface area contributed by atoms with Crippen molar-refractivity contribution in [1.29, 1.82) is 5.26 Å². The predicted octanol–water partition coefficient (Wildman–Crippen LogP) is 2.21. The summed E-state index contributed by atoms with van der Waals surface area (Å²) in [6, 6.07) is 11.1. The zero-order valence-electron chi connectivity index (χ0n) is 18.8. The highest BCUT2D eigenvalue weighted by atomic mass is 32.2. The number of hydrogen-bond acceptors (Lipinski definition) is 7. The van der Waals surface area contributed by atoms with Gasteiger partial charge in [-0.25, -0.2) is 9.18 Å². The van der Waals surface area contributed by atoms with Crippen LogP contribution < -0.4 is 16.4 Å². The minimum absolute atomic E-state index is 0.0250. The number of thioether (sulfide) groups is 1. The van der Waals surface area contributed by atoms with Crippen molar-refractivity contribution in [2.45, 2.75) is 23.8 Å². The topological polar surface area (TPSA) is 109 Å². The number of oxazole rings is 1. The molecule has 178 valence electrons. The van der Waals surface area contributed by atoms with Crippen LogP contribution >= 0.6 is 11.8 Å². The molecule has 1 saturated heterocycles. The number of aryl methyl sites for hydroxylation is 1. The van der Waals surface area contributed by atoms with Crippen LogP contribution in [0.2, 0.25) is 0 Å². The monoisotopic (exact) mass is 484 g/mol. The first kappa shape index (κ1) is 24.0. The summed E-state index contributed by atoms with van der Waals surface area (Å²) >= 11 is 1.66. The van der Waals surface area contributed by atoms with E-state index in [1.54, 1.807) is 49.1 Å². The first-order valence-corrected chi connectivity index (χ1v) is 12.1. The summed E-state index contributed by atoms with van der Waals surface area (Å²) in [5.74, 6) is -1.34. The second kappa shape index (κ2) is 10.4. The molecule has 8 nitrogen and oxygen atoms in total. The minimum Gasteiger partial charge on any atom is -0.408 e. The summed E-state index contributed by atoms with van der Waals surface area (Å²) < 4.78 is 27.1. The van der Waals surface area contributed by atoms with Crippen LogP contribution in [-0.2, 0) is 23.0 Å². The smallest absolute Gasteiger partial charge is 0.408 e. The second-order valence-electron chi connectivity index (χ2n) is 8.15. The zero-order valence-corrected chi connectivity index (χ0v) is 19.7. The van der Waals surface area contributed by atoms with E-state index in [1.807, 2.05) is 12.3 Å².